The van der Waals surface area contributed by atoms with Crippen molar-refractivity contribution in [2.45, 2.75) is 0 Å². The van der Waals surface area contributed by atoms with Gasteiger partial charge in [0.05, 0.1) is 16.2 Å². The van der Waals surface area contributed by atoms with Crippen LogP contribution in [-0.2, 0) is 0 Å². The van der Waals surface area contributed by atoms with Crippen molar-refractivity contribution < 1.29 is 14.8 Å². The third-order valence-electron chi connectivity index (χ3n) is 2.73. The van der Waals surface area contributed by atoms with E-state index < -0.39 is 10.8 Å². The lowest BCUT2D eigenvalue weighted by atomic mass is 10.1. The van der Waals surface area contributed by atoms with Gasteiger partial charge in [-0.1, -0.05) is 12.1 Å². The van der Waals surface area contributed by atoms with Gasteiger partial charge in [0, 0.05) is 23.9 Å². The second-order valence-electron chi connectivity index (χ2n) is 4.14. The fourth-order valence-corrected chi connectivity index (χ4v) is 1.69. The lowest BCUT2D eigenvalue weighted by Crippen LogP contribution is -2.10. The van der Waals surface area contributed by atoms with Gasteiger partial charge in [-0.3, -0.25) is 19.9 Å². The first-order valence-corrected chi connectivity index (χ1v) is 5.89. The number of phenolic OH excluding ortho intramolecular Hbond substituents is 1. The summed E-state index contributed by atoms with van der Waals surface area (Å²) in [6, 6.07) is 9.98. The van der Waals surface area contributed by atoms with Crippen LogP contribution in [0.3, 0.4) is 0 Å². The van der Waals surface area contributed by atoms with Crippen LogP contribution in [0.4, 0.5) is 11.4 Å². The van der Waals surface area contributed by atoms with Crippen molar-refractivity contribution in [2.24, 2.45) is 10.7 Å². The number of para-hydroxylation sites is 1. The van der Waals surface area contributed by atoms with Crippen molar-refractivity contribution >= 4 is 23.5 Å². The number of carbonyl (C=O) groups excluding carboxylic acids is 1. The number of aliphatic imine (C=N–C) groups is 1. The van der Waals surface area contributed by atoms with E-state index in [0.29, 0.717) is 5.69 Å². The van der Waals surface area contributed by atoms with Gasteiger partial charge >= 0.3 is 0 Å². The van der Waals surface area contributed by atoms with Gasteiger partial charge in [0.25, 0.3) is 11.6 Å². The fourth-order valence-electron chi connectivity index (χ4n) is 1.69. The Balaban J connectivity index is 2.40. The van der Waals surface area contributed by atoms with Crippen LogP contribution in [0.2, 0.25) is 0 Å². The van der Waals surface area contributed by atoms with E-state index in [4.69, 9.17) is 5.73 Å². The number of benzene rings is 2. The molecule has 21 heavy (non-hydrogen) atoms. The van der Waals surface area contributed by atoms with Crippen LogP contribution in [-0.4, -0.2) is 22.2 Å². The number of nitro groups is 1. The van der Waals surface area contributed by atoms with Crippen molar-refractivity contribution in [3.8, 4) is 5.75 Å². The zero-order valence-electron chi connectivity index (χ0n) is 10.8. The lowest BCUT2D eigenvalue weighted by Gasteiger charge is -2.01. The van der Waals surface area contributed by atoms with Gasteiger partial charge in [-0.2, -0.15) is 0 Å². The molecule has 0 aliphatic carbocycles. The summed E-state index contributed by atoms with van der Waals surface area (Å²) in [6.07, 6.45) is 1.24. The number of amides is 1. The van der Waals surface area contributed by atoms with Crippen molar-refractivity contribution in [1.82, 2.24) is 0 Å². The second kappa shape index (κ2) is 5.83. The molecule has 0 aliphatic heterocycles. The smallest absolute Gasteiger partial charge is 0.270 e. The predicted octanol–water partition coefficient (Wildman–Crippen LogP) is 2.15. The Labute approximate surface area is 119 Å². The number of aromatic hydroxyl groups is 1. The number of phenols is 1. The molecule has 0 saturated carbocycles. The Hall–Kier alpha value is -3.22. The summed E-state index contributed by atoms with van der Waals surface area (Å²) in [6.45, 7) is 0. The summed E-state index contributed by atoms with van der Waals surface area (Å²) in [5.74, 6) is -0.785. The molecular formula is C14H11N3O4. The monoisotopic (exact) mass is 285 g/mol. The number of nitrogens with two attached hydrogens (primary N) is 1. The predicted molar refractivity (Wildman–Crippen MR) is 77.0 cm³/mol. The van der Waals surface area contributed by atoms with Crippen LogP contribution in [0.25, 0.3) is 0 Å². The molecule has 0 radical (unpaired) electrons. The second-order valence-corrected chi connectivity index (χ2v) is 4.14. The summed E-state index contributed by atoms with van der Waals surface area (Å²) < 4.78 is 0. The van der Waals surface area contributed by atoms with Crippen LogP contribution >= 0.6 is 0 Å². The first-order valence-electron chi connectivity index (χ1n) is 5.89. The maximum atomic E-state index is 11.3. The molecule has 0 saturated heterocycles. The minimum absolute atomic E-state index is 0.152. The van der Waals surface area contributed by atoms with Gasteiger partial charge in [-0.05, 0) is 18.2 Å². The average Bonchev–Trinajstić information content (AvgIpc) is 2.46. The molecule has 0 aromatic heterocycles. The van der Waals surface area contributed by atoms with Gasteiger partial charge in [0.1, 0.15) is 5.75 Å². The van der Waals surface area contributed by atoms with E-state index >= 15 is 0 Å². The van der Waals surface area contributed by atoms with Crippen molar-refractivity contribution in [1.29, 1.82) is 0 Å². The number of carbonyl (C=O) groups is 1. The van der Waals surface area contributed by atoms with E-state index in [2.05, 4.69) is 4.99 Å². The van der Waals surface area contributed by atoms with Gasteiger partial charge in [-0.15, -0.1) is 0 Å². The van der Waals surface area contributed by atoms with E-state index in [-0.39, 0.29) is 22.6 Å². The van der Waals surface area contributed by atoms with E-state index in [1.54, 1.807) is 18.2 Å². The topological polar surface area (TPSA) is 119 Å². The van der Waals surface area contributed by atoms with E-state index in [9.17, 15) is 20.0 Å². The maximum Gasteiger partial charge on any atom is 0.270 e. The third kappa shape index (κ3) is 3.21. The van der Waals surface area contributed by atoms with Crippen LogP contribution in [0.15, 0.2) is 47.5 Å². The summed E-state index contributed by atoms with van der Waals surface area (Å²) in [5, 5.41) is 20.4. The minimum atomic E-state index is -0.633. The average molecular weight is 285 g/mol. The van der Waals surface area contributed by atoms with Crippen molar-refractivity contribution in [2.75, 3.05) is 0 Å². The molecular weight excluding hydrogens is 274 g/mol. The number of rotatable bonds is 4. The molecule has 0 unspecified atom stereocenters. The highest BCUT2D eigenvalue weighted by Gasteiger charge is 2.09. The molecule has 0 spiro atoms. The minimum Gasteiger partial charge on any atom is -0.507 e. The summed E-state index contributed by atoms with van der Waals surface area (Å²) in [7, 11) is 0. The van der Waals surface area contributed by atoms with Gasteiger partial charge in [0.2, 0.25) is 0 Å². The molecule has 0 fully saturated rings. The highest BCUT2D eigenvalue weighted by atomic mass is 16.6. The van der Waals surface area contributed by atoms with E-state index in [0.717, 1.165) is 0 Å². The number of nitro benzene ring substituents is 1. The molecule has 2 aromatic rings. The van der Waals surface area contributed by atoms with Crippen LogP contribution in [0, 0.1) is 10.1 Å². The zero-order chi connectivity index (χ0) is 15.4. The molecule has 1 amide bonds. The summed E-state index contributed by atoms with van der Waals surface area (Å²) >= 11 is 0. The number of non-ortho nitro benzene ring substituents is 1. The number of primary amides is 1. The normalized spacial score (nSPS) is 10.7. The molecule has 7 nitrogen and oxygen atoms in total. The molecule has 2 rings (SSSR count). The Morgan fingerprint density at radius 1 is 1.29 bits per heavy atom. The van der Waals surface area contributed by atoms with E-state index in [1.807, 2.05) is 0 Å². The van der Waals surface area contributed by atoms with Crippen molar-refractivity contribution in [3.05, 3.63) is 63.7 Å². The zero-order valence-corrected chi connectivity index (χ0v) is 10.8. The molecule has 0 atom stereocenters. The fraction of sp³-hybridized carbons (Fsp3) is 0. The molecule has 3 N–H and O–H groups in total. The van der Waals surface area contributed by atoms with E-state index in [1.165, 1.54) is 30.5 Å². The Kier molecular flexibility index (Phi) is 3.94. The standard InChI is InChI=1S/C14H11N3O4/c15-14(19)11-3-1-2-4-12(11)16-8-9-7-10(17(20)21)5-6-13(9)18/h1-8,18H,(H2,15,19). The summed E-state index contributed by atoms with van der Waals surface area (Å²) in [4.78, 5) is 25.4. The van der Waals surface area contributed by atoms with Crippen molar-refractivity contribution in [3.63, 3.8) is 0 Å². The number of hydrogen-bond acceptors (Lipinski definition) is 5. The molecule has 0 heterocycles. The highest BCUT2D eigenvalue weighted by Crippen LogP contribution is 2.23. The third-order valence-corrected chi connectivity index (χ3v) is 2.73. The number of hydrogen-bond donors (Lipinski definition) is 2. The Morgan fingerprint density at radius 2 is 2.00 bits per heavy atom. The molecule has 0 aliphatic rings. The number of nitrogens with zero attached hydrogens (tertiary/aromatic N) is 2. The first-order chi connectivity index (χ1) is 9.99. The SMILES string of the molecule is NC(=O)c1ccccc1N=Cc1cc([N+](=O)[O-])ccc1O. The molecule has 7 heteroatoms. The Bertz CT molecular complexity index is 741. The van der Waals surface area contributed by atoms with Crippen LogP contribution < -0.4 is 5.73 Å². The lowest BCUT2D eigenvalue weighted by molar-refractivity contribution is -0.384. The van der Waals surface area contributed by atoms with Crippen LogP contribution in [0.1, 0.15) is 15.9 Å². The largest absolute Gasteiger partial charge is 0.507 e. The maximum absolute atomic E-state index is 11.3. The first kappa shape index (κ1) is 14.2. The van der Waals surface area contributed by atoms with Gasteiger partial charge in [-0.25, -0.2) is 0 Å². The molecule has 0 bridgehead atoms. The summed E-state index contributed by atoms with van der Waals surface area (Å²) in [5.41, 5.74) is 5.76. The highest BCUT2D eigenvalue weighted by molar-refractivity contribution is 5.99. The Morgan fingerprint density at radius 3 is 2.67 bits per heavy atom. The quantitative estimate of drug-likeness (QED) is 0.508. The molecule has 2 aromatic carbocycles. The van der Waals surface area contributed by atoms with Crippen LogP contribution in [0.5, 0.6) is 5.75 Å². The van der Waals surface area contributed by atoms with Gasteiger partial charge < -0.3 is 10.8 Å². The molecule has 106 valence electrons. The van der Waals surface area contributed by atoms with Gasteiger partial charge in [0.15, 0.2) is 0 Å².